The molecule has 1 aromatic heterocycles. The Labute approximate surface area is 155 Å². The number of thiazole rings is 1. The quantitative estimate of drug-likeness (QED) is 0.686. The van der Waals surface area contributed by atoms with Gasteiger partial charge in [-0.15, -0.1) is 11.3 Å². The van der Waals surface area contributed by atoms with Crippen molar-refractivity contribution in [3.05, 3.63) is 71.0 Å². The molecule has 6 heteroatoms. The number of rotatable bonds is 2. The summed E-state index contributed by atoms with van der Waals surface area (Å²) in [7, 11) is 2.04. The monoisotopic (exact) mass is 367 g/mol. The predicted octanol–water partition coefficient (Wildman–Crippen LogP) is 4.04. The SMILES string of the molecule is CN1CCN(C(=O)c2cnc(-c3ccccc3F)s2)Cc2ccccc21. The van der Waals surface area contributed by atoms with E-state index in [1.165, 1.54) is 17.4 Å². The van der Waals surface area contributed by atoms with Crippen LogP contribution in [0.2, 0.25) is 0 Å². The minimum absolute atomic E-state index is 0.0600. The van der Waals surface area contributed by atoms with Crippen LogP contribution >= 0.6 is 11.3 Å². The number of nitrogens with zero attached hydrogens (tertiary/aromatic N) is 3. The lowest BCUT2D eigenvalue weighted by Gasteiger charge is -2.20. The van der Waals surface area contributed by atoms with Gasteiger partial charge in [0.1, 0.15) is 15.7 Å². The molecule has 4 rings (SSSR count). The van der Waals surface area contributed by atoms with Crippen LogP contribution in [0, 0.1) is 5.82 Å². The lowest BCUT2D eigenvalue weighted by atomic mass is 10.1. The van der Waals surface area contributed by atoms with Crippen molar-refractivity contribution in [3.8, 4) is 10.6 Å². The Morgan fingerprint density at radius 1 is 1.12 bits per heavy atom. The summed E-state index contributed by atoms with van der Waals surface area (Å²) in [5.74, 6) is -0.388. The van der Waals surface area contributed by atoms with Gasteiger partial charge in [-0.3, -0.25) is 4.79 Å². The van der Waals surface area contributed by atoms with Gasteiger partial charge in [-0.05, 0) is 23.8 Å². The summed E-state index contributed by atoms with van der Waals surface area (Å²) >= 11 is 1.23. The highest BCUT2D eigenvalue weighted by Gasteiger charge is 2.24. The average Bonchev–Trinajstić information content (AvgIpc) is 3.08. The summed E-state index contributed by atoms with van der Waals surface area (Å²) in [5, 5.41) is 0.527. The summed E-state index contributed by atoms with van der Waals surface area (Å²) < 4.78 is 14.0. The second kappa shape index (κ2) is 6.88. The maximum absolute atomic E-state index is 14.0. The molecule has 132 valence electrons. The van der Waals surface area contributed by atoms with Crippen LogP contribution in [0.1, 0.15) is 15.2 Å². The zero-order valence-electron chi connectivity index (χ0n) is 14.4. The molecule has 0 fully saturated rings. The van der Waals surface area contributed by atoms with Crippen molar-refractivity contribution in [2.75, 3.05) is 25.0 Å². The number of likely N-dealkylation sites (N-methyl/N-ethyl adjacent to an activating group) is 1. The summed E-state index contributed by atoms with van der Waals surface area (Å²) in [6.45, 7) is 1.96. The number of hydrogen-bond acceptors (Lipinski definition) is 4. The van der Waals surface area contributed by atoms with Crippen molar-refractivity contribution in [1.29, 1.82) is 0 Å². The Balaban J connectivity index is 1.60. The van der Waals surface area contributed by atoms with E-state index in [9.17, 15) is 9.18 Å². The Hall–Kier alpha value is -2.73. The Bertz CT molecular complexity index is 955. The number of hydrogen-bond donors (Lipinski definition) is 0. The lowest BCUT2D eigenvalue weighted by molar-refractivity contribution is 0.0756. The van der Waals surface area contributed by atoms with Gasteiger partial charge in [-0.1, -0.05) is 30.3 Å². The van der Waals surface area contributed by atoms with Crippen LogP contribution in [0.15, 0.2) is 54.7 Å². The number of aromatic nitrogens is 1. The minimum Gasteiger partial charge on any atom is -0.373 e. The normalized spacial score (nSPS) is 14.1. The highest BCUT2D eigenvalue weighted by Crippen LogP contribution is 2.29. The van der Waals surface area contributed by atoms with Gasteiger partial charge in [0, 0.05) is 37.9 Å². The maximum atomic E-state index is 14.0. The molecule has 1 aliphatic heterocycles. The third kappa shape index (κ3) is 3.08. The number of carbonyl (C=O) groups excluding carboxylic acids is 1. The fourth-order valence-corrected chi connectivity index (χ4v) is 4.07. The number of carbonyl (C=O) groups is 1. The molecule has 3 aromatic rings. The van der Waals surface area contributed by atoms with E-state index in [0.717, 1.165) is 17.8 Å². The molecule has 0 saturated carbocycles. The summed E-state index contributed by atoms with van der Waals surface area (Å²) in [5.41, 5.74) is 2.70. The van der Waals surface area contributed by atoms with Crippen molar-refractivity contribution in [2.24, 2.45) is 0 Å². The molecule has 0 saturated heterocycles. The zero-order valence-corrected chi connectivity index (χ0v) is 15.2. The van der Waals surface area contributed by atoms with E-state index < -0.39 is 0 Å². The second-order valence-electron chi connectivity index (χ2n) is 6.29. The number of amides is 1. The number of anilines is 1. The van der Waals surface area contributed by atoms with E-state index in [2.05, 4.69) is 22.0 Å². The molecule has 0 N–H and O–H groups in total. The zero-order chi connectivity index (χ0) is 18.1. The van der Waals surface area contributed by atoms with Crippen molar-refractivity contribution >= 4 is 22.9 Å². The molecule has 4 nitrogen and oxygen atoms in total. The standard InChI is InChI=1S/C20H18FN3OS/c1-23-10-11-24(13-14-6-2-5-9-17(14)23)20(25)18-12-22-19(26-18)15-7-3-4-8-16(15)21/h2-9,12H,10-11,13H2,1H3. The summed E-state index contributed by atoms with van der Waals surface area (Å²) in [4.78, 5) is 21.8. The topological polar surface area (TPSA) is 36.4 Å². The Kier molecular flexibility index (Phi) is 4.42. The van der Waals surface area contributed by atoms with E-state index in [4.69, 9.17) is 0 Å². The molecule has 0 bridgehead atoms. The fourth-order valence-electron chi connectivity index (χ4n) is 3.15. The van der Waals surface area contributed by atoms with Crippen LogP contribution in [0.25, 0.3) is 10.6 Å². The van der Waals surface area contributed by atoms with Gasteiger partial charge in [0.05, 0.1) is 6.20 Å². The first-order valence-corrected chi connectivity index (χ1v) is 9.24. The summed E-state index contributed by atoms with van der Waals surface area (Å²) in [6, 6.07) is 14.6. The van der Waals surface area contributed by atoms with Crippen LogP contribution in [0.3, 0.4) is 0 Å². The molecule has 0 spiro atoms. The minimum atomic E-state index is -0.328. The van der Waals surface area contributed by atoms with E-state index in [1.54, 1.807) is 24.4 Å². The molecular weight excluding hydrogens is 349 g/mol. The van der Waals surface area contributed by atoms with Gasteiger partial charge in [0.15, 0.2) is 0 Å². The average molecular weight is 367 g/mol. The number of halogens is 1. The van der Waals surface area contributed by atoms with E-state index in [1.807, 2.05) is 24.1 Å². The first-order valence-electron chi connectivity index (χ1n) is 8.42. The van der Waals surface area contributed by atoms with Crippen molar-refractivity contribution in [3.63, 3.8) is 0 Å². The van der Waals surface area contributed by atoms with Crippen molar-refractivity contribution < 1.29 is 9.18 Å². The number of benzene rings is 2. The molecule has 0 aliphatic carbocycles. The molecule has 1 aliphatic rings. The van der Waals surface area contributed by atoms with Gasteiger partial charge in [-0.25, -0.2) is 9.37 Å². The van der Waals surface area contributed by atoms with Gasteiger partial charge < -0.3 is 9.80 Å². The molecule has 2 aromatic carbocycles. The van der Waals surface area contributed by atoms with E-state index in [-0.39, 0.29) is 11.7 Å². The molecule has 1 amide bonds. The number of para-hydroxylation sites is 1. The first-order chi connectivity index (χ1) is 12.6. The Morgan fingerprint density at radius 2 is 1.88 bits per heavy atom. The third-order valence-electron chi connectivity index (χ3n) is 4.58. The van der Waals surface area contributed by atoms with Gasteiger partial charge in [0.25, 0.3) is 5.91 Å². The molecular formula is C20H18FN3OS. The van der Waals surface area contributed by atoms with Crippen molar-refractivity contribution in [2.45, 2.75) is 6.54 Å². The van der Waals surface area contributed by atoms with Crippen LogP contribution in [0.5, 0.6) is 0 Å². The first kappa shape index (κ1) is 16.7. The molecule has 26 heavy (non-hydrogen) atoms. The third-order valence-corrected chi connectivity index (χ3v) is 5.60. The van der Waals surface area contributed by atoms with E-state index >= 15 is 0 Å². The van der Waals surface area contributed by atoms with Gasteiger partial charge in [0.2, 0.25) is 0 Å². The van der Waals surface area contributed by atoms with Crippen LogP contribution in [-0.2, 0) is 6.54 Å². The number of fused-ring (bicyclic) bond motifs is 1. The lowest BCUT2D eigenvalue weighted by Crippen LogP contribution is -2.33. The van der Waals surface area contributed by atoms with Gasteiger partial charge >= 0.3 is 0 Å². The molecule has 0 radical (unpaired) electrons. The molecule has 2 heterocycles. The molecule has 0 unspecified atom stereocenters. The van der Waals surface area contributed by atoms with Crippen LogP contribution < -0.4 is 4.90 Å². The van der Waals surface area contributed by atoms with Crippen LogP contribution in [0.4, 0.5) is 10.1 Å². The highest BCUT2D eigenvalue weighted by atomic mass is 32.1. The van der Waals surface area contributed by atoms with Crippen molar-refractivity contribution in [1.82, 2.24) is 9.88 Å². The molecule has 0 atom stereocenters. The fraction of sp³-hybridized carbons (Fsp3) is 0.200. The summed E-state index contributed by atoms with van der Waals surface area (Å²) in [6.07, 6.45) is 1.55. The maximum Gasteiger partial charge on any atom is 0.265 e. The largest absolute Gasteiger partial charge is 0.373 e. The van der Waals surface area contributed by atoms with Crippen LogP contribution in [-0.4, -0.2) is 35.9 Å². The Morgan fingerprint density at radius 3 is 2.73 bits per heavy atom. The van der Waals surface area contributed by atoms with Gasteiger partial charge in [-0.2, -0.15) is 0 Å². The predicted molar refractivity (Wildman–Crippen MR) is 102 cm³/mol. The van der Waals surface area contributed by atoms with E-state index in [0.29, 0.717) is 28.5 Å². The smallest absolute Gasteiger partial charge is 0.265 e. The second-order valence-corrected chi connectivity index (χ2v) is 7.32. The highest BCUT2D eigenvalue weighted by molar-refractivity contribution is 7.16.